The fourth-order valence-electron chi connectivity index (χ4n) is 3.88. The molecule has 2 N–H and O–H groups in total. The fourth-order valence-corrected chi connectivity index (χ4v) is 3.88. The number of nitrogens with zero attached hydrogens (tertiary/aromatic N) is 1. The van der Waals surface area contributed by atoms with Crippen LogP contribution < -0.4 is 5.73 Å². The van der Waals surface area contributed by atoms with Crippen LogP contribution >= 0.6 is 0 Å². The van der Waals surface area contributed by atoms with Gasteiger partial charge in [0.25, 0.3) is 5.91 Å². The van der Waals surface area contributed by atoms with Gasteiger partial charge in [-0.25, -0.2) is 0 Å². The lowest BCUT2D eigenvalue weighted by atomic mass is 9.78. The molecule has 18 heavy (non-hydrogen) atoms. The minimum Gasteiger partial charge on any atom is -0.364 e. The first-order chi connectivity index (χ1) is 8.76. The van der Waals surface area contributed by atoms with Crippen molar-refractivity contribution in [1.29, 1.82) is 0 Å². The van der Waals surface area contributed by atoms with E-state index >= 15 is 0 Å². The van der Waals surface area contributed by atoms with Gasteiger partial charge < -0.3 is 15.4 Å². The van der Waals surface area contributed by atoms with E-state index in [2.05, 4.69) is 4.90 Å². The van der Waals surface area contributed by atoms with Crippen LogP contribution in [0.5, 0.6) is 0 Å². The summed E-state index contributed by atoms with van der Waals surface area (Å²) in [6.45, 7) is 2.46. The Kier molecular flexibility index (Phi) is 3.57. The van der Waals surface area contributed by atoms with Gasteiger partial charge in [-0.1, -0.05) is 6.42 Å². The third kappa shape index (κ3) is 2.41. The predicted octanol–water partition coefficient (Wildman–Crippen LogP) is 1.14. The molecule has 2 bridgehead atoms. The molecule has 3 aliphatic rings. The van der Waals surface area contributed by atoms with Crippen molar-refractivity contribution in [2.75, 3.05) is 19.6 Å². The molecule has 3 fully saturated rings. The summed E-state index contributed by atoms with van der Waals surface area (Å²) in [6, 6.07) is 0. The van der Waals surface area contributed by atoms with E-state index in [4.69, 9.17) is 10.5 Å². The van der Waals surface area contributed by atoms with Gasteiger partial charge in [-0.05, 0) is 43.9 Å². The lowest BCUT2D eigenvalue weighted by Gasteiger charge is -2.42. The van der Waals surface area contributed by atoms with Crippen LogP contribution in [-0.2, 0) is 9.53 Å². The molecule has 4 nitrogen and oxygen atoms in total. The molecule has 0 aromatic carbocycles. The SMILES string of the molecule is NCC1CCC(C(=O)N2CC3CCCC(C3)C2)O1. The highest BCUT2D eigenvalue weighted by Gasteiger charge is 2.38. The highest BCUT2D eigenvalue weighted by Crippen LogP contribution is 2.35. The van der Waals surface area contributed by atoms with E-state index in [9.17, 15) is 4.79 Å². The zero-order valence-corrected chi connectivity index (χ0v) is 11.0. The van der Waals surface area contributed by atoms with Crippen LogP contribution in [-0.4, -0.2) is 42.6 Å². The summed E-state index contributed by atoms with van der Waals surface area (Å²) < 4.78 is 5.73. The van der Waals surface area contributed by atoms with Crippen LogP contribution in [0.3, 0.4) is 0 Å². The average molecular weight is 252 g/mol. The van der Waals surface area contributed by atoms with Gasteiger partial charge in [-0.3, -0.25) is 4.79 Å². The molecule has 1 amide bonds. The number of hydrogen-bond donors (Lipinski definition) is 1. The van der Waals surface area contributed by atoms with E-state index in [1.165, 1.54) is 25.7 Å². The number of carbonyl (C=O) groups excluding carboxylic acids is 1. The molecule has 2 heterocycles. The fraction of sp³-hybridized carbons (Fsp3) is 0.929. The van der Waals surface area contributed by atoms with Crippen molar-refractivity contribution < 1.29 is 9.53 Å². The molecule has 2 saturated heterocycles. The van der Waals surface area contributed by atoms with E-state index < -0.39 is 0 Å². The zero-order chi connectivity index (χ0) is 12.5. The molecule has 0 aromatic heterocycles. The van der Waals surface area contributed by atoms with Gasteiger partial charge in [0.15, 0.2) is 0 Å². The minimum atomic E-state index is -0.211. The Balaban J connectivity index is 1.59. The maximum Gasteiger partial charge on any atom is 0.251 e. The molecule has 0 spiro atoms. The number of likely N-dealkylation sites (tertiary alicyclic amines) is 1. The van der Waals surface area contributed by atoms with Crippen LogP contribution in [0.25, 0.3) is 0 Å². The Bertz CT molecular complexity index is 309. The molecule has 0 radical (unpaired) electrons. The van der Waals surface area contributed by atoms with Crippen LogP contribution in [0.15, 0.2) is 0 Å². The number of carbonyl (C=O) groups is 1. The second-order valence-corrected chi connectivity index (χ2v) is 6.20. The molecule has 1 saturated carbocycles. The monoisotopic (exact) mass is 252 g/mol. The van der Waals surface area contributed by atoms with Crippen LogP contribution in [0.1, 0.15) is 38.5 Å². The van der Waals surface area contributed by atoms with Gasteiger partial charge in [-0.2, -0.15) is 0 Å². The average Bonchev–Trinajstić information content (AvgIpc) is 2.86. The van der Waals surface area contributed by atoms with Crippen molar-refractivity contribution in [3.05, 3.63) is 0 Å². The highest BCUT2D eigenvalue weighted by atomic mass is 16.5. The predicted molar refractivity (Wildman–Crippen MR) is 69.0 cm³/mol. The number of fused-ring (bicyclic) bond motifs is 2. The van der Waals surface area contributed by atoms with E-state index in [1.807, 2.05) is 0 Å². The number of amides is 1. The smallest absolute Gasteiger partial charge is 0.251 e. The third-order valence-corrected chi connectivity index (χ3v) is 4.81. The second-order valence-electron chi connectivity index (χ2n) is 6.20. The molecular formula is C14H24N2O2. The summed E-state index contributed by atoms with van der Waals surface area (Å²) in [5, 5.41) is 0. The Labute approximate surface area is 109 Å². The minimum absolute atomic E-state index is 0.100. The number of ether oxygens (including phenoxy) is 1. The maximum atomic E-state index is 12.5. The van der Waals surface area contributed by atoms with Gasteiger partial charge in [0, 0.05) is 19.6 Å². The summed E-state index contributed by atoms with van der Waals surface area (Å²) in [7, 11) is 0. The van der Waals surface area contributed by atoms with Crippen molar-refractivity contribution in [3.8, 4) is 0 Å². The van der Waals surface area contributed by atoms with Crippen molar-refractivity contribution >= 4 is 5.91 Å². The molecule has 4 atom stereocenters. The maximum absolute atomic E-state index is 12.5. The summed E-state index contributed by atoms with van der Waals surface area (Å²) in [5.41, 5.74) is 5.60. The first-order valence-corrected chi connectivity index (χ1v) is 7.40. The lowest BCUT2D eigenvalue weighted by Crippen LogP contribution is -2.49. The Hall–Kier alpha value is -0.610. The molecular weight excluding hydrogens is 228 g/mol. The van der Waals surface area contributed by atoms with E-state index in [0.717, 1.165) is 37.8 Å². The van der Waals surface area contributed by atoms with Crippen LogP contribution in [0, 0.1) is 11.8 Å². The highest BCUT2D eigenvalue weighted by molar-refractivity contribution is 5.81. The van der Waals surface area contributed by atoms with Gasteiger partial charge in [0.2, 0.25) is 0 Å². The van der Waals surface area contributed by atoms with E-state index in [-0.39, 0.29) is 18.1 Å². The molecule has 102 valence electrons. The molecule has 1 aliphatic carbocycles. The Morgan fingerprint density at radius 1 is 1.17 bits per heavy atom. The van der Waals surface area contributed by atoms with E-state index in [1.54, 1.807) is 0 Å². The normalized spacial score (nSPS) is 39.9. The largest absolute Gasteiger partial charge is 0.364 e. The van der Waals surface area contributed by atoms with Crippen molar-refractivity contribution in [1.82, 2.24) is 4.90 Å². The molecule has 4 heteroatoms. The topological polar surface area (TPSA) is 55.6 Å². The van der Waals surface area contributed by atoms with E-state index in [0.29, 0.717) is 6.54 Å². The summed E-state index contributed by atoms with van der Waals surface area (Å²) in [5.74, 6) is 1.71. The molecule has 3 rings (SSSR count). The summed E-state index contributed by atoms with van der Waals surface area (Å²) in [4.78, 5) is 14.5. The number of nitrogens with two attached hydrogens (primary N) is 1. The van der Waals surface area contributed by atoms with Crippen LogP contribution in [0.2, 0.25) is 0 Å². The first-order valence-electron chi connectivity index (χ1n) is 7.40. The van der Waals surface area contributed by atoms with Crippen molar-refractivity contribution in [3.63, 3.8) is 0 Å². The second kappa shape index (κ2) is 5.17. The van der Waals surface area contributed by atoms with Gasteiger partial charge >= 0.3 is 0 Å². The van der Waals surface area contributed by atoms with Crippen LogP contribution in [0.4, 0.5) is 0 Å². The number of rotatable bonds is 2. The molecule has 0 aromatic rings. The summed E-state index contributed by atoms with van der Waals surface area (Å²) in [6.07, 6.45) is 6.97. The van der Waals surface area contributed by atoms with Gasteiger partial charge in [0.1, 0.15) is 6.10 Å². The number of piperidine rings is 1. The molecule has 4 unspecified atom stereocenters. The third-order valence-electron chi connectivity index (χ3n) is 4.81. The number of hydrogen-bond acceptors (Lipinski definition) is 3. The zero-order valence-electron chi connectivity index (χ0n) is 11.0. The Morgan fingerprint density at radius 2 is 1.89 bits per heavy atom. The van der Waals surface area contributed by atoms with Crippen molar-refractivity contribution in [2.45, 2.75) is 50.7 Å². The van der Waals surface area contributed by atoms with Gasteiger partial charge in [0.05, 0.1) is 6.10 Å². The quantitative estimate of drug-likeness (QED) is 0.802. The lowest BCUT2D eigenvalue weighted by molar-refractivity contribution is -0.146. The van der Waals surface area contributed by atoms with Crippen molar-refractivity contribution in [2.24, 2.45) is 17.6 Å². The van der Waals surface area contributed by atoms with Gasteiger partial charge in [-0.15, -0.1) is 0 Å². The Morgan fingerprint density at radius 3 is 2.50 bits per heavy atom. The first kappa shape index (κ1) is 12.4. The standard InChI is InChI=1S/C14H24N2O2/c15-7-12-4-5-13(18-12)14(17)16-8-10-2-1-3-11(6-10)9-16/h10-13H,1-9,15H2. The molecule has 2 aliphatic heterocycles. The summed E-state index contributed by atoms with van der Waals surface area (Å²) >= 11 is 0.